The molecule has 5 heteroatoms. The van der Waals surface area contributed by atoms with Crippen LogP contribution in [0.25, 0.3) is 22.1 Å². The Hall–Kier alpha value is -2.27. The van der Waals surface area contributed by atoms with E-state index in [-0.39, 0.29) is 5.43 Å². The average Bonchev–Trinajstić information content (AvgIpc) is 2.55. The van der Waals surface area contributed by atoms with Crippen molar-refractivity contribution >= 4 is 26.9 Å². The smallest absolute Gasteiger partial charge is 0.201 e. The largest absolute Gasteiger partial charge is 0.497 e. The van der Waals surface area contributed by atoms with Crippen molar-refractivity contribution in [3.63, 3.8) is 0 Å². The maximum Gasteiger partial charge on any atom is 0.201 e. The maximum absolute atomic E-state index is 12.7. The number of ether oxygens (including phenoxy) is 2. The van der Waals surface area contributed by atoms with Crippen LogP contribution in [0.2, 0.25) is 0 Å². The SMILES string of the molecule is COc1ccc(-c2c(Br)oc3cc(OC)ccc3c2=O)cc1. The van der Waals surface area contributed by atoms with Crippen LogP contribution in [0, 0.1) is 0 Å². The fourth-order valence-corrected chi connectivity index (χ4v) is 2.86. The van der Waals surface area contributed by atoms with Crippen LogP contribution in [0.5, 0.6) is 11.5 Å². The normalized spacial score (nSPS) is 10.7. The number of fused-ring (bicyclic) bond motifs is 1. The quantitative estimate of drug-likeness (QED) is 0.700. The predicted octanol–water partition coefficient (Wildman–Crippen LogP) is 4.24. The van der Waals surface area contributed by atoms with Gasteiger partial charge in [0.05, 0.1) is 25.2 Å². The third kappa shape index (κ3) is 2.48. The summed E-state index contributed by atoms with van der Waals surface area (Å²) in [6.07, 6.45) is 0. The zero-order chi connectivity index (χ0) is 15.7. The highest BCUT2D eigenvalue weighted by molar-refractivity contribution is 9.10. The van der Waals surface area contributed by atoms with Gasteiger partial charge >= 0.3 is 0 Å². The van der Waals surface area contributed by atoms with Crippen LogP contribution >= 0.6 is 15.9 Å². The van der Waals surface area contributed by atoms with Crippen molar-refractivity contribution in [3.8, 4) is 22.6 Å². The molecule has 1 aromatic heterocycles. The molecule has 22 heavy (non-hydrogen) atoms. The Bertz CT molecular complexity index is 882. The Kier molecular flexibility index (Phi) is 3.90. The van der Waals surface area contributed by atoms with E-state index in [2.05, 4.69) is 15.9 Å². The Balaban J connectivity index is 2.23. The second kappa shape index (κ2) is 5.85. The van der Waals surface area contributed by atoms with Crippen LogP contribution in [0.1, 0.15) is 0 Å². The number of halogens is 1. The molecule has 3 rings (SSSR count). The molecule has 0 unspecified atom stereocenters. The van der Waals surface area contributed by atoms with Gasteiger partial charge in [-0.1, -0.05) is 12.1 Å². The molecule has 0 aliphatic rings. The molecule has 0 fully saturated rings. The highest BCUT2D eigenvalue weighted by Crippen LogP contribution is 2.30. The molecule has 1 heterocycles. The van der Waals surface area contributed by atoms with Gasteiger partial charge in [-0.05, 0) is 45.8 Å². The summed E-state index contributed by atoms with van der Waals surface area (Å²) in [6, 6.07) is 12.4. The van der Waals surface area contributed by atoms with Crippen molar-refractivity contribution in [2.75, 3.05) is 14.2 Å². The Labute approximate surface area is 135 Å². The number of methoxy groups -OCH3 is 2. The zero-order valence-electron chi connectivity index (χ0n) is 12.1. The molecule has 0 spiro atoms. The molecule has 0 amide bonds. The van der Waals surface area contributed by atoms with Crippen LogP contribution in [0.4, 0.5) is 0 Å². The second-order valence-electron chi connectivity index (χ2n) is 4.67. The van der Waals surface area contributed by atoms with Gasteiger partial charge in [-0.3, -0.25) is 4.79 Å². The maximum atomic E-state index is 12.7. The third-order valence-corrected chi connectivity index (χ3v) is 3.99. The van der Waals surface area contributed by atoms with Crippen molar-refractivity contribution in [3.05, 3.63) is 57.4 Å². The van der Waals surface area contributed by atoms with Gasteiger partial charge in [0.1, 0.15) is 17.1 Å². The number of rotatable bonds is 3. The van der Waals surface area contributed by atoms with Crippen molar-refractivity contribution in [2.45, 2.75) is 0 Å². The van der Waals surface area contributed by atoms with Gasteiger partial charge in [0.15, 0.2) is 4.67 Å². The first-order valence-corrected chi connectivity index (χ1v) is 7.38. The lowest BCUT2D eigenvalue weighted by molar-refractivity contribution is 0.414. The van der Waals surface area contributed by atoms with E-state index in [9.17, 15) is 4.79 Å². The molecule has 2 aromatic carbocycles. The van der Waals surface area contributed by atoms with Crippen LogP contribution in [-0.2, 0) is 0 Å². The van der Waals surface area contributed by atoms with Crippen LogP contribution in [0.15, 0.2) is 56.3 Å². The van der Waals surface area contributed by atoms with E-state index in [4.69, 9.17) is 13.9 Å². The molecule has 0 N–H and O–H groups in total. The molecule has 4 nitrogen and oxygen atoms in total. The molecule has 0 saturated heterocycles. The van der Waals surface area contributed by atoms with Gasteiger partial charge in [-0.2, -0.15) is 0 Å². The molecule has 0 radical (unpaired) electrons. The standard InChI is InChI=1S/C17H13BrO4/c1-20-11-5-3-10(4-6-11)15-16(19)13-8-7-12(21-2)9-14(13)22-17(15)18/h3-9H,1-2H3. The minimum Gasteiger partial charge on any atom is -0.497 e. The first kappa shape index (κ1) is 14.7. The van der Waals surface area contributed by atoms with Crippen molar-refractivity contribution in [1.29, 1.82) is 0 Å². The van der Waals surface area contributed by atoms with E-state index in [1.807, 2.05) is 12.1 Å². The minimum atomic E-state index is -0.0963. The van der Waals surface area contributed by atoms with Crippen molar-refractivity contribution < 1.29 is 13.9 Å². The van der Waals surface area contributed by atoms with E-state index in [1.54, 1.807) is 44.6 Å². The van der Waals surface area contributed by atoms with Gasteiger partial charge in [0, 0.05) is 6.07 Å². The van der Waals surface area contributed by atoms with Gasteiger partial charge < -0.3 is 13.9 Å². The molecule has 0 atom stereocenters. The lowest BCUT2D eigenvalue weighted by atomic mass is 10.1. The van der Waals surface area contributed by atoms with Gasteiger partial charge in [-0.15, -0.1) is 0 Å². The molecule has 0 bridgehead atoms. The first-order chi connectivity index (χ1) is 10.6. The summed E-state index contributed by atoms with van der Waals surface area (Å²) in [5.74, 6) is 1.37. The molecule has 0 aliphatic heterocycles. The summed E-state index contributed by atoms with van der Waals surface area (Å²) in [6.45, 7) is 0. The molecular formula is C17H13BrO4. The van der Waals surface area contributed by atoms with E-state index in [0.29, 0.717) is 27.0 Å². The Morgan fingerprint density at radius 3 is 2.23 bits per heavy atom. The zero-order valence-corrected chi connectivity index (χ0v) is 13.6. The molecular weight excluding hydrogens is 348 g/mol. The van der Waals surface area contributed by atoms with E-state index < -0.39 is 0 Å². The van der Waals surface area contributed by atoms with Crippen LogP contribution < -0.4 is 14.9 Å². The minimum absolute atomic E-state index is 0.0963. The highest BCUT2D eigenvalue weighted by atomic mass is 79.9. The fourth-order valence-electron chi connectivity index (χ4n) is 2.28. The number of hydrogen-bond donors (Lipinski definition) is 0. The third-order valence-electron chi connectivity index (χ3n) is 3.44. The summed E-state index contributed by atoms with van der Waals surface area (Å²) in [5.41, 5.74) is 1.63. The fraction of sp³-hybridized carbons (Fsp3) is 0.118. The van der Waals surface area contributed by atoms with E-state index >= 15 is 0 Å². The summed E-state index contributed by atoms with van der Waals surface area (Å²) in [7, 11) is 3.17. The van der Waals surface area contributed by atoms with E-state index in [0.717, 1.165) is 11.3 Å². The van der Waals surface area contributed by atoms with Gasteiger partial charge in [0.2, 0.25) is 5.43 Å². The van der Waals surface area contributed by atoms with Gasteiger partial charge in [-0.25, -0.2) is 0 Å². The lowest BCUT2D eigenvalue weighted by Gasteiger charge is -2.08. The number of benzene rings is 2. The monoisotopic (exact) mass is 360 g/mol. The summed E-state index contributed by atoms with van der Waals surface area (Å²) in [4.78, 5) is 12.7. The summed E-state index contributed by atoms with van der Waals surface area (Å²) < 4.78 is 16.4. The van der Waals surface area contributed by atoms with Gasteiger partial charge in [0.25, 0.3) is 0 Å². The molecule has 112 valence electrons. The molecule has 0 aliphatic carbocycles. The van der Waals surface area contributed by atoms with E-state index in [1.165, 1.54) is 0 Å². The van der Waals surface area contributed by atoms with Crippen molar-refractivity contribution in [2.24, 2.45) is 0 Å². The summed E-state index contributed by atoms with van der Waals surface area (Å²) >= 11 is 3.35. The van der Waals surface area contributed by atoms with Crippen LogP contribution in [-0.4, -0.2) is 14.2 Å². The second-order valence-corrected chi connectivity index (χ2v) is 5.39. The predicted molar refractivity (Wildman–Crippen MR) is 88.7 cm³/mol. The topological polar surface area (TPSA) is 48.7 Å². The summed E-state index contributed by atoms with van der Waals surface area (Å²) in [5, 5.41) is 0.509. The first-order valence-electron chi connectivity index (χ1n) is 6.59. The molecule has 3 aromatic rings. The Morgan fingerprint density at radius 1 is 0.955 bits per heavy atom. The molecule has 0 saturated carbocycles. The van der Waals surface area contributed by atoms with Crippen LogP contribution in [0.3, 0.4) is 0 Å². The average molecular weight is 361 g/mol. The van der Waals surface area contributed by atoms with Crippen molar-refractivity contribution in [1.82, 2.24) is 0 Å². The lowest BCUT2D eigenvalue weighted by Crippen LogP contribution is -2.06. The Morgan fingerprint density at radius 2 is 1.59 bits per heavy atom. The highest BCUT2D eigenvalue weighted by Gasteiger charge is 2.15. The number of hydrogen-bond acceptors (Lipinski definition) is 4.